The van der Waals surface area contributed by atoms with Crippen LogP contribution >= 0.6 is 0 Å². The summed E-state index contributed by atoms with van der Waals surface area (Å²) >= 11 is 0. The maximum Gasteiger partial charge on any atom is 0.246 e. The van der Waals surface area contributed by atoms with Gasteiger partial charge in [-0.3, -0.25) is 9.59 Å². The minimum Gasteiger partial charge on any atom is -0.342 e. The zero-order chi connectivity index (χ0) is 14.1. The van der Waals surface area contributed by atoms with Gasteiger partial charge < -0.3 is 15.1 Å². The van der Waals surface area contributed by atoms with Crippen LogP contribution in [0.25, 0.3) is 0 Å². The number of amides is 2. The summed E-state index contributed by atoms with van der Waals surface area (Å²) < 4.78 is 0. The highest BCUT2D eigenvalue weighted by atomic mass is 16.2. The Morgan fingerprint density at radius 2 is 1.95 bits per heavy atom. The van der Waals surface area contributed by atoms with Crippen LogP contribution in [0.4, 0.5) is 0 Å². The number of nitrogens with zero attached hydrogens (tertiary/aromatic N) is 2. The fourth-order valence-corrected chi connectivity index (χ4v) is 2.93. The number of carbonyl (C=O) groups excluding carboxylic acids is 2. The average molecular weight is 273 g/mol. The molecule has 2 fully saturated rings. The molecule has 5 nitrogen and oxygen atoms in total. The molecule has 2 amide bonds. The first-order valence-corrected chi connectivity index (χ1v) is 6.98. The minimum absolute atomic E-state index is 0.0305. The highest BCUT2D eigenvalue weighted by Crippen LogP contribution is 2.17. The van der Waals surface area contributed by atoms with E-state index in [9.17, 15) is 9.59 Å². The van der Waals surface area contributed by atoms with Gasteiger partial charge in [0.2, 0.25) is 11.8 Å². The van der Waals surface area contributed by atoms with E-state index in [2.05, 4.69) is 10.2 Å². The molecule has 1 N–H and O–H groups in total. The Labute approximate surface area is 118 Å². The van der Waals surface area contributed by atoms with Crippen LogP contribution in [0.1, 0.15) is 5.56 Å². The van der Waals surface area contributed by atoms with Crippen LogP contribution in [0.15, 0.2) is 30.3 Å². The lowest BCUT2D eigenvalue weighted by Gasteiger charge is -2.44. The van der Waals surface area contributed by atoms with E-state index in [4.69, 9.17) is 0 Å². The number of likely N-dealkylation sites (N-methyl/N-ethyl adjacent to an activating group) is 1. The van der Waals surface area contributed by atoms with E-state index in [1.807, 2.05) is 37.4 Å². The third kappa shape index (κ3) is 2.41. The van der Waals surface area contributed by atoms with Crippen molar-refractivity contribution in [2.24, 2.45) is 0 Å². The van der Waals surface area contributed by atoms with Crippen LogP contribution in [0, 0.1) is 0 Å². The summed E-state index contributed by atoms with van der Waals surface area (Å²) in [6.45, 7) is 2.09. The second-order valence-electron chi connectivity index (χ2n) is 5.56. The average Bonchev–Trinajstić information content (AvgIpc) is 2.45. The van der Waals surface area contributed by atoms with Gasteiger partial charge in [-0.2, -0.15) is 0 Å². The Bertz CT molecular complexity index is 517. The van der Waals surface area contributed by atoms with Crippen LogP contribution in [0.3, 0.4) is 0 Å². The fraction of sp³-hybridized carbons (Fsp3) is 0.467. The van der Waals surface area contributed by atoms with Crippen LogP contribution in [0.2, 0.25) is 0 Å². The van der Waals surface area contributed by atoms with E-state index in [1.54, 1.807) is 4.90 Å². The van der Waals surface area contributed by atoms with Gasteiger partial charge in [-0.1, -0.05) is 30.3 Å². The van der Waals surface area contributed by atoms with Gasteiger partial charge in [-0.25, -0.2) is 0 Å². The minimum atomic E-state index is -0.426. The van der Waals surface area contributed by atoms with Crippen molar-refractivity contribution in [2.75, 3.05) is 26.7 Å². The van der Waals surface area contributed by atoms with E-state index in [1.165, 1.54) is 0 Å². The summed E-state index contributed by atoms with van der Waals surface area (Å²) in [6, 6.07) is 9.05. The molecule has 0 bridgehead atoms. The predicted molar refractivity (Wildman–Crippen MR) is 75.1 cm³/mol. The number of benzene rings is 1. The summed E-state index contributed by atoms with van der Waals surface area (Å²) in [7, 11) is 1.98. The van der Waals surface area contributed by atoms with Gasteiger partial charge in [0.25, 0.3) is 0 Å². The molecule has 5 heteroatoms. The Hall–Kier alpha value is -1.88. The summed E-state index contributed by atoms with van der Waals surface area (Å²) in [4.78, 5) is 28.5. The third-order valence-electron chi connectivity index (χ3n) is 4.07. The van der Waals surface area contributed by atoms with Crippen molar-refractivity contribution in [1.82, 2.24) is 15.1 Å². The lowest BCUT2D eigenvalue weighted by Crippen LogP contribution is -2.69. The second kappa shape index (κ2) is 5.25. The number of nitrogens with one attached hydrogen (secondary N) is 1. The lowest BCUT2D eigenvalue weighted by molar-refractivity contribution is -0.152. The van der Waals surface area contributed by atoms with Crippen molar-refractivity contribution < 1.29 is 9.59 Å². The number of carbonyl (C=O) groups is 2. The van der Waals surface area contributed by atoms with E-state index in [0.717, 1.165) is 12.1 Å². The lowest BCUT2D eigenvalue weighted by atomic mass is 9.99. The summed E-state index contributed by atoms with van der Waals surface area (Å²) in [6.07, 6.45) is 0.560. The number of piperazine rings is 2. The van der Waals surface area contributed by atoms with Crippen LogP contribution < -0.4 is 5.32 Å². The first-order valence-electron chi connectivity index (χ1n) is 6.98. The van der Waals surface area contributed by atoms with E-state index < -0.39 is 6.04 Å². The number of rotatable bonds is 2. The maximum absolute atomic E-state index is 12.5. The monoisotopic (exact) mass is 273 g/mol. The zero-order valence-electron chi connectivity index (χ0n) is 11.6. The van der Waals surface area contributed by atoms with Gasteiger partial charge in [0.15, 0.2) is 0 Å². The molecule has 0 aliphatic carbocycles. The molecule has 2 heterocycles. The van der Waals surface area contributed by atoms with Crippen molar-refractivity contribution in [3.63, 3.8) is 0 Å². The molecule has 1 aromatic rings. The molecule has 0 spiro atoms. The Morgan fingerprint density at radius 1 is 1.20 bits per heavy atom. The maximum atomic E-state index is 12.5. The molecule has 1 aromatic carbocycles. The molecule has 2 aliphatic rings. The second-order valence-corrected chi connectivity index (χ2v) is 5.56. The molecule has 2 unspecified atom stereocenters. The van der Waals surface area contributed by atoms with Crippen molar-refractivity contribution >= 4 is 11.8 Å². The van der Waals surface area contributed by atoms with Gasteiger partial charge >= 0.3 is 0 Å². The summed E-state index contributed by atoms with van der Waals surface area (Å²) in [5.41, 5.74) is 1.07. The van der Waals surface area contributed by atoms with Gasteiger partial charge in [0, 0.05) is 26.1 Å². The van der Waals surface area contributed by atoms with E-state index in [-0.39, 0.29) is 17.9 Å². The number of fused-ring (bicyclic) bond motifs is 1. The van der Waals surface area contributed by atoms with Gasteiger partial charge in [-0.05, 0) is 12.6 Å². The largest absolute Gasteiger partial charge is 0.342 e. The molecule has 0 radical (unpaired) electrons. The van der Waals surface area contributed by atoms with Gasteiger partial charge in [-0.15, -0.1) is 0 Å². The fourth-order valence-electron chi connectivity index (χ4n) is 2.93. The molecular formula is C15H19N3O2. The van der Waals surface area contributed by atoms with Crippen LogP contribution in [0.5, 0.6) is 0 Å². The van der Waals surface area contributed by atoms with Crippen LogP contribution in [-0.4, -0.2) is 60.4 Å². The highest BCUT2D eigenvalue weighted by molar-refractivity contribution is 5.97. The molecule has 20 heavy (non-hydrogen) atoms. The Kier molecular flexibility index (Phi) is 3.44. The zero-order valence-corrected chi connectivity index (χ0v) is 11.6. The molecule has 106 valence electrons. The van der Waals surface area contributed by atoms with E-state index in [0.29, 0.717) is 19.5 Å². The highest BCUT2D eigenvalue weighted by Gasteiger charge is 2.42. The van der Waals surface area contributed by atoms with Gasteiger partial charge in [0.1, 0.15) is 12.1 Å². The predicted octanol–water partition coefficient (Wildman–Crippen LogP) is -0.130. The van der Waals surface area contributed by atoms with Crippen molar-refractivity contribution in [3.05, 3.63) is 35.9 Å². The van der Waals surface area contributed by atoms with E-state index >= 15 is 0 Å². The smallest absolute Gasteiger partial charge is 0.246 e. The molecule has 3 rings (SSSR count). The van der Waals surface area contributed by atoms with Crippen molar-refractivity contribution in [3.8, 4) is 0 Å². The molecule has 0 saturated carbocycles. The molecule has 2 saturated heterocycles. The quantitative estimate of drug-likeness (QED) is 0.817. The Morgan fingerprint density at radius 3 is 2.70 bits per heavy atom. The SMILES string of the molecule is CN1CCN2C(=O)C(Cc3ccccc3)NC(=O)C2C1. The topological polar surface area (TPSA) is 52.6 Å². The molecular weight excluding hydrogens is 254 g/mol. The summed E-state index contributed by atoms with van der Waals surface area (Å²) in [5, 5.41) is 2.88. The first kappa shape index (κ1) is 13.1. The number of hydrogen-bond donors (Lipinski definition) is 1. The number of hydrogen-bond acceptors (Lipinski definition) is 3. The van der Waals surface area contributed by atoms with Crippen molar-refractivity contribution in [2.45, 2.75) is 18.5 Å². The Balaban J connectivity index is 1.75. The van der Waals surface area contributed by atoms with Crippen molar-refractivity contribution in [1.29, 1.82) is 0 Å². The summed E-state index contributed by atoms with van der Waals surface area (Å²) in [5.74, 6) is 0.0173. The standard InChI is InChI=1S/C15H19N3O2/c1-17-7-8-18-13(10-17)14(19)16-12(15(18)20)9-11-5-3-2-4-6-11/h2-6,12-13H,7-10H2,1H3,(H,16,19). The molecule has 0 aromatic heterocycles. The molecule has 2 aliphatic heterocycles. The van der Waals surface area contributed by atoms with Crippen LogP contribution in [-0.2, 0) is 16.0 Å². The normalized spacial score (nSPS) is 27.1. The molecule has 2 atom stereocenters. The van der Waals surface area contributed by atoms with Gasteiger partial charge in [0.05, 0.1) is 0 Å². The third-order valence-corrected chi connectivity index (χ3v) is 4.07. The first-order chi connectivity index (χ1) is 9.65.